The predicted octanol–water partition coefficient (Wildman–Crippen LogP) is 0.782. The van der Waals surface area contributed by atoms with Gasteiger partial charge in [0, 0.05) is 13.5 Å². The first kappa shape index (κ1) is 14.7. The molecule has 0 aromatic heterocycles. The van der Waals surface area contributed by atoms with Crippen LogP contribution in [0.25, 0.3) is 0 Å². The van der Waals surface area contributed by atoms with E-state index in [1.807, 2.05) is 0 Å². The van der Waals surface area contributed by atoms with E-state index in [0.717, 1.165) is 18.2 Å². The van der Waals surface area contributed by atoms with Crippen molar-refractivity contribution in [2.45, 2.75) is 32.0 Å². The van der Waals surface area contributed by atoms with Crippen LogP contribution >= 0.6 is 19.4 Å². The molecule has 1 fully saturated rings. The number of carbonyl (C=O) groups excluding carboxylic acids is 2. The lowest BCUT2D eigenvalue weighted by Gasteiger charge is -2.35. The van der Waals surface area contributed by atoms with Gasteiger partial charge in [-0.15, -0.1) is 0 Å². The van der Waals surface area contributed by atoms with Gasteiger partial charge in [-0.1, -0.05) is 11.8 Å². The zero-order valence-corrected chi connectivity index (χ0v) is 11.2. The van der Waals surface area contributed by atoms with Crippen molar-refractivity contribution < 1.29 is 23.9 Å². The van der Waals surface area contributed by atoms with E-state index in [-0.39, 0.29) is 16.8 Å². The molecule has 0 aromatic rings. The van der Waals surface area contributed by atoms with Crippen LogP contribution < -0.4 is 0 Å². The molecule has 0 radical (unpaired) electrons. The van der Waals surface area contributed by atoms with E-state index in [1.54, 1.807) is 0 Å². The van der Waals surface area contributed by atoms with Gasteiger partial charge in [0.25, 0.3) is 0 Å². The Hall–Kier alpha value is -0.360. The monoisotopic (exact) mass is 281 g/mol. The summed E-state index contributed by atoms with van der Waals surface area (Å²) < 4.78 is 11.3. The first-order valence-corrected chi connectivity index (χ1v) is 7.97. The number of likely N-dealkylation sites (tertiary alicyclic amines) is 1. The van der Waals surface area contributed by atoms with E-state index in [2.05, 4.69) is 0 Å². The maximum absolute atomic E-state index is 11.8. The Kier molecular flexibility index (Phi) is 5.19. The van der Waals surface area contributed by atoms with Gasteiger partial charge >= 0.3 is 7.60 Å². The molecule has 1 amide bonds. The van der Waals surface area contributed by atoms with Gasteiger partial charge in [-0.05, 0) is 19.3 Å². The van der Waals surface area contributed by atoms with Crippen molar-refractivity contribution in [3.8, 4) is 0 Å². The summed E-state index contributed by atoms with van der Waals surface area (Å²) in [4.78, 5) is 42.1. The molecule has 1 aliphatic rings. The summed E-state index contributed by atoms with van der Waals surface area (Å²) in [7, 11) is -4.29. The lowest BCUT2D eigenvalue weighted by atomic mass is 10.1. The van der Waals surface area contributed by atoms with Crippen molar-refractivity contribution in [3.63, 3.8) is 0 Å². The van der Waals surface area contributed by atoms with Gasteiger partial charge in [-0.2, -0.15) is 0 Å². The number of hydrogen-bond donors (Lipinski definition) is 2. The molecule has 98 valence electrons. The van der Waals surface area contributed by atoms with E-state index >= 15 is 0 Å². The number of hydrogen-bond acceptors (Lipinski definition) is 4. The maximum Gasteiger partial charge on any atom is 0.347 e. The number of piperidine rings is 1. The van der Waals surface area contributed by atoms with Crippen molar-refractivity contribution >= 4 is 30.4 Å². The highest BCUT2D eigenvalue weighted by molar-refractivity contribution is 8.14. The molecule has 0 aromatic carbocycles. The average Bonchev–Trinajstić information content (AvgIpc) is 2.24. The first-order valence-electron chi connectivity index (χ1n) is 5.30. The lowest BCUT2D eigenvalue weighted by Crippen LogP contribution is -2.44. The van der Waals surface area contributed by atoms with Gasteiger partial charge in [-0.25, -0.2) is 0 Å². The van der Waals surface area contributed by atoms with Crippen LogP contribution in [-0.2, 0) is 14.2 Å². The van der Waals surface area contributed by atoms with Gasteiger partial charge in [0.2, 0.25) is 5.91 Å². The topological polar surface area (TPSA) is 94.9 Å². The van der Waals surface area contributed by atoms with Crippen molar-refractivity contribution in [1.29, 1.82) is 0 Å². The molecule has 1 heterocycles. The smallest absolute Gasteiger partial charge is 0.327 e. The molecule has 1 atom stereocenters. The summed E-state index contributed by atoms with van der Waals surface area (Å²) in [6.45, 7) is 1.71. The second kappa shape index (κ2) is 6.00. The lowest BCUT2D eigenvalue weighted by molar-refractivity contribution is -0.130. The summed E-state index contributed by atoms with van der Waals surface area (Å²) in [5, 5.41) is -0.178. The summed E-state index contributed by atoms with van der Waals surface area (Å²) in [6, 6.07) is 0. The molecule has 1 unspecified atom stereocenters. The van der Waals surface area contributed by atoms with Crippen LogP contribution in [0.4, 0.5) is 0 Å². The van der Waals surface area contributed by atoms with E-state index < -0.39 is 13.4 Å². The molecule has 17 heavy (non-hydrogen) atoms. The van der Waals surface area contributed by atoms with Crippen LogP contribution in [0.15, 0.2) is 0 Å². The Bertz CT molecular complexity index is 355. The Morgan fingerprint density at radius 3 is 2.59 bits per heavy atom. The van der Waals surface area contributed by atoms with E-state index in [1.165, 1.54) is 11.8 Å². The quantitative estimate of drug-likeness (QED) is 0.742. The van der Waals surface area contributed by atoms with Crippen molar-refractivity contribution in [1.82, 2.24) is 4.90 Å². The molecule has 0 spiro atoms. The first-order chi connectivity index (χ1) is 7.82. The molecular formula is C9H16NO5PS. The molecule has 0 saturated carbocycles. The second-order valence-corrected chi connectivity index (χ2v) is 6.86. The van der Waals surface area contributed by atoms with E-state index in [4.69, 9.17) is 0 Å². The minimum atomic E-state index is -4.29. The number of nitrogens with zero attached hydrogens (tertiary/aromatic N) is 1. The largest absolute Gasteiger partial charge is 0.347 e. The van der Waals surface area contributed by atoms with Crippen molar-refractivity contribution in [2.24, 2.45) is 0 Å². The third-order valence-corrected chi connectivity index (χ3v) is 4.69. The molecule has 1 aliphatic heterocycles. The fraction of sp³-hybridized carbons (Fsp3) is 0.778. The fourth-order valence-electron chi connectivity index (χ4n) is 1.80. The SMILES string of the molecule is CC(=O)SCC(=O)N1CCCCC1P(=O)(O)O. The number of rotatable bonds is 3. The number of carbonyl (C=O) groups is 2. The average molecular weight is 281 g/mol. The summed E-state index contributed by atoms with van der Waals surface area (Å²) in [5.41, 5.74) is 0. The highest BCUT2D eigenvalue weighted by atomic mass is 32.2. The van der Waals surface area contributed by atoms with Crippen molar-refractivity contribution in [3.05, 3.63) is 0 Å². The number of amides is 1. The van der Waals surface area contributed by atoms with Crippen LogP contribution in [-0.4, -0.2) is 43.8 Å². The third kappa shape index (κ3) is 4.43. The van der Waals surface area contributed by atoms with Crippen LogP contribution in [0.5, 0.6) is 0 Å². The predicted molar refractivity (Wildman–Crippen MR) is 64.5 cm³/mol. The Morgan fingerprint density at radius 1 is 1.41 bits per heavy atom. The summed E-state index contributed by atoms with van der Waals surface area (Å²) in [6.07, 6.45) is 1.77. The van der Waals surface area contributed by atoms with Crippen molar-refractivity contribution in [2.75, 3.05) is 12.3 Å². The molecule has 1 rings (SSSR count). The summed E-state index contributed by atoms with van der Waals surface area (Å²) >= 11 is 0.863. The highest BCUT2D eigenvalue weighted by Crippen LogP contribution is 2.47. The maximum atomic E-state index is 11.8. The van der Waals surface area contributed by atoms with Gasteiger partial charge in [0.1, 0.15) is 5.78 Å². The van der Waals surface area contributed by atoms with Gasteiger partial charge in [0.05, 0.1) is 5.75 Å². The Labute approximate surface area is 104 Å². The van der Waals surface area contributed by atoms with Gasteiger partial charge in [0.15, 0.2) is 5.12 Å². The molecule has 0 aliphatic carbocycles. The molecule has 1 saturated heterocycles. The second-order valence-electron chi connectivity index (χ2n) is 3.93. The minimum absolute atomic E-state index is 0.0498. The molecule has 6 nitrogen and oxygen atoms in total. The number of thioether (sulfide) groups is 1. The normalized spacial score (nSPS) is 21.4. The fourth-order valence-corrected chi connectivity index (χ4v) is 3.42. The minimum Gasteiger partial charge on any atom is -0.327 e. The van der Waals surface area contributed by atoms with E-state index in [0.29, 0.717) is 19.4 Å². The van der Waals surface area contributed by atoms with Gasteiger partial charge < -0.3 is 14.7 Å². The summed E-state index contributed by atoms with van der Waals surface area (Å²) in [5.74, 6) is -1.44. The third-order valence-electron chi connectivity index (χ3n) is 2.58. The Morgan fingerprint density at radius 2 is 2.06 bits per heavy atom. The Balaban J connectivity index is 2.68. The van der Waals surface area contributed by atoms with Gasteiger partial charge in [-0.3, -0.25) is 14.2 Å². The van der Waals surface area contributed by atoms with E-state index in [9.17, 15) is 23.9 Å². The highest BCUT2D eigenvalue weighted by Gasteiger charge is 2.38. The van der Waals surface area contributed by atoms with Crippen LogP contribution in [0.3, 0.4) is 0 Å². The molecule has 2 N–H and O–H groups in total. The molecule has 0 bridgehead atoms. The molecule has 8 heteroatoms. The zero-order chi connectivity index (χ0) is 13.1. The molecular weight excluding hydrogens is 265 g/mol. The van der Waals surface area contributed by atoms with Crippen LogP contribution in [0, 0.1) is 0 Å². The van der Waals surface area contributed by atoms with Crippen LogP contribution in [0.1, 0.15) is 26.2 Å². The van der Waals surface area contributed by atoms with Crippen LogP contribution in [0.2, 0.25) is 0 Å². The standard InChI is InChI=1S/C9H16NO5PS/c1-7(11)17-6-8(12)10-5-3-2-4-9(10)16(13,14)15/h9H,2-6H2,1H3,(H2,13,14,15). The zero-order valence-electron chi connectivity index (χ0n) is 9.53.